The van der Waals surface area contributed by atoms with Crippen molar-refractivity contribution in [1.82, 2.24) is 5.32 Å². The summed E-state index contributed by atoms with van der Waals surface area (Å²) in [7, 11) is 0. The zero-order valence-electron chi connectivity index (χ0n) is 11.7. The van der Waals surface area contributed by atoms with Gasteiger partial charge in [0.25, 0.3) is 0 Å². The van der Waals surface area contributed by atoms with Crippen molar-refractivity contribution in [3.63, 3.8) is 0 Å². The molecule has 0 spiro atoms. The molecule has 2 heterocycles. The van der Waals surface area contributed by atoms with Crippen LogP contribution in [0.5, 0.6) is 17.2 Å². The van der Waals surface area contributed by atoms with E-state index in [0.29, 0.717) is 17.6 Å². The Bertz CT molecular complexity index is 512. The lowest BCUT2D eigenvalue weighted by Crippen LogP contribution is -2.42. The molecule has 0 aromatic heterocycles. The highest BCUT2D eigenvalue weighted by molar-refractivity contribution is 5.85. The summed E-state index contributed by atoms with van der Waals surface area (Å²) in [5, 5.41) is 13.7. The molecule has 0 amide bonds. The van der Waals surface area contributed by atoms with Gasteiger partial charge in [-0.25, -0.2) is 0 Å². The minimum Gasteiger partial charge on any atom is -0.488 e. The Hall–Kier alpha value is -1.17. The van der Waals surface area contributed by atoms with Crippen molar-refractivity contribution in [3.05, 3.63) is 18.2 Å². The fraction of sp³-hybridized carbons (Fsp3) is 0.600. The summed E-state index contributed by atoms with van der Waals surface area (Å²) in [6.07, 6.45) is 1.22. The van der Waals surface area contributed by atoms with Gasteiger partial charge in [0.15, 0.2) is 11.5 Å². The van der Waals surface area contributed by atoms with Crippen LogP contribution in [0.25, 0.3) is 0 Å². The maximum Gasteiger partial charge on any atom is 0.231 e. The van der Waals surface area contributed by atoms with Crippen molar-refractivity contribution in [2.45, 2.75) is 25.0 Å². The number of hydrogen-bond donors (Lipinski definition) is 2. The maximum atomic E-state index is 10.3. The van der Waals surface area contributed by atoms with Gasteiger partial charge >= 0.3 is 0 Å². The Balaban J connectivity index is 0.00000132. The van der Waals surface area contributed by atoms with Crippen LogP contribution in [0.1, 0.15) is 12.8 Å². The van der Waals surface area contributed by atoms with Crippen LogP contribution in [-0.4, -0.2) is 37.2 Å². The molecule has 2 fully saturated rings. The number of aliphatic hydroxyl groups excluding tert-OH is 1. The second-order valence-corrected chi connectivity index (χ2v) is 5.89. The number of nitrogens with one attached hydrogen (secondary N) is 1. The minimum absolute atomic E-state index is 0. The maximum absolute atomic E-state index is 10.3. The van der Waals surface area contributed by atoms with Gasteiger partial charge in [-0.05, 0) is 49.9 Å². The third-order valence-corrected chi connectivity index (χ3v) is 4.62. The molecule has 1 saturated heterocycles. The summed E-state index contributed by atoms with van der Waals surface area (Å²) in [5.74, 6) is 3.43. The van der Waals surface area contributed by atoms with E-state index >= 15 is 0 Å². The average molecular weight is 314 g/mol. The van der Waals surface area contributed by atoms with Gasteiger partial charge in [0, 0.05) is 6.07 Å². The number of halogens is 1. The predicted octanol–water partition coefficient (Wildman–Crippen LogP) is 1.57. The molecule has 1 aliphatic carbocycles. The second kappa shape index (κ2) is 5.91. The van der Waals surface area contributed by atoms with Gasteiger partial charge in [-0.1, -0.05) is 0 Å². The van der Waals surface area contributed by atoms with Crippen molar-refractivity contribution >= 4 is 12.4 Å². The molecular weight excluding hydrogens is 294 g/mol. The molecule has 3 aliphatic rings. The van der Waals surface area contributed by atoms with E-state index in [0.717, 1.165) is 37.4 Å². The van der Waals surface area contributed by atoms with Crippen LogP contribution in [0.2, 0.25) is 0 Å². The molecule has 1 saturated carbocycles. The average Bonchev–Trinajstić information content (AvgIpc) is 3.06. The van der Waals surface area contributed by atoms with Crippen molar-refractivity contribution in [2.24, 2.45) is 11.8 Å². The fourth-order valence-corrected chi connectivity index (χ4v) is 3.51. The molecule has 4 atom stereocenters. The quantitative estimate of drug-likeness (QED) is 0.868. The lowest BCUT2D eigenvalue weighted by Gasteiger charge is -2.35. The number of benzene rings is 1. The van der Waals surface area contributed by atoms with Crippen LogP contribution < -0.4 is 19.5 Å². The molecule has 0 bridgehead atoms. The molecule has 2 N–H and O–H groups in total. The Kier molecular flexibility index (Phi) is 4.15. The molecule has 1 aromatic carbocycles. The van der Waals surface area contributed by atoms with E-state index in [2.05, 4.69) is 5.32 Å². The minimum atomic E-state index is -0.387. The summed E-state index contributed by atoms with van der Waals surface area (Å²) in [4.78, 5) is 0. The lowest BCUT2D eigenvalue weighted by atomic mass is 9.78. The van der Waals surface area contributed by atoms with Gasteiger partial charge < -0.3 is 24.6 Å². The molecule has 0 radical (unpaired) electrons. The van der Waals surface area contributed by atoms with Crippen molar-refractivity contribution < 1.29 is 19.3 Å². The lowest BCUT2D eigenvalue weighted by molar-refractivity contribution is -0.0232. The molecule has 6 heteroatoms. The third-order valence-electron chi connectivity index (χ3n) is 4.62. The molecule has 1 aromatic rings. The van der Waals surface area contributed by atoms with E-state index in [1.54, 1.807) is 0 Å². The first-order valence-corrected chi connectivity index (χ1v) is 7.24. The van der Waals surface area contributed by atoms with Gasteiger partial charge in [0.05, 0.1) is 6.10 Å². The normalized spacial score (nSPS) is 33.2. The second-order valence-electron chi connectivity index (χ2n) is 5.89. The highest BCUT2D eigenvalue weighted by Gasteiger charge is 2.39. The van der Waals surface area contributed by atoms with Crippen LogP contribution in [0.3, 0.4) is 0 Å². The molecule has 0 unspecified atom stereocenters. The van der Waals surface area contributed by atoms with Crippen molar-refractivity contribution in [2.75, 3.05) is 19.9 Å². The number of hydrogen-bond acceptors (Lipinski definition) is 5. The standard InChI is InChI=1S/C15H19NO4.ClH/c17-12-3-9-6-16-7-10(9)4-14(12)20-11-1-2-13-15(5-11)19-8-18-13;/h1-2,5,9-10,12,14,16-17H,3-4,6-8H2;1H/t9-,10+,12+,14+;/m0./s1. The Labute approximate surface area is 130 Å². The SMILES string of the molecule is Cl.O[C@@H]1C[C@H]2CNC[C@H]2C[C@H]1Oc1ccc2c(c1)OCO2. The van der Waals surface area contributed by atoms with Crippen LogP contribution in [0.15, 0.2) is 18.2 Å². The monoisotopic (exact) mass is 313 g/mol. The number of aliphatic hydroxyl groups is 1. The summed E-state index contributed by atoms with van der Waals surface area (Å²) >= 11 is 0. The first-order chi connectivity index (χ1) is 9.79. The highest BCUT2D eigenvalue weighted by atomic mass is 35.5. The third kappa shape index (κ3) is 2.78. The van der Waals surface area contributed by atoms with Crippen LogP contribution >= 0.6 is 12.4 Å². The summed E-state index contributed by atoms with van der Waals surface area (Å²) < 4.78 is 16.6. The van der Waals surface area contributed by atoms with E-state index in [4.69, 9.17) is 14.2 Å². The van der Waals surface area contributed by atoms with Crippen LogP contribution in [0, 0.1) is 11.8 Å². The smallest absolute Gasteiger partial charge is 0.231 e. The zero-order chi connectivity index (χ0) is 13.5. The molecule has 116 valence electrons. The van der Waals surface area contributed by atoms with Crippen LogP contribution in [-0.2, 0) is 0 Å². The van der Waals surface area contributed by atoms with Crippen LogP contribution in [0.4, 0.5) is 0 Å². The van der Waals surface area contributed by atoms with E-state index in [1.807, 2.05) is 18.2 Å². The Morgan fingerprint density at radius 3 is 2.71 bits per heavy atom. The van der Waals surface area contributed by atoms with Gasteiger partial charge in [0.2, 0.25) is 6.79 Å². The van der Waals surface area contributed by atoms with Crippen molar-refractivity contribution in [3.8, 4) is 17.2 Å². The fourth-order valence-electron chi connectivity index (χ4n) is 3.51. The number of fused-ring (bicyclic) bond motifs is 2. The number of ether oxygens (including phenoxy) is 3. The van der Waals surface area contributed by atoms with E-state index in [1.165, 1.54) is 0 Å². The molecule has 2 aliphatic heterocycles. The topological polar surface area (TPSA) is 60.0 Å². The van der Waals surface area contributed by atoms with Gasteiger partial charge in [-0.2, -0.15) is 0 Å². The van der Waals surface area contributed by atoms with Gasteiger partial charge in [-0.3, -0.25) is 0 Å². The summed E-state index contributed by atoms with van der Waals surface area (Å²) in [5.41, 5.74) is 0. The molecule has 5 nitrogen and oxygen atoms in total. The van der Waals surface area contributed by atoms with E-state index in [-0.39, 0.29) is 31.4 Å². The summed E-state index contributed by atoms with van der Waals surface area (Å²) in [6, 6.07) is 5.57. The van der Waals surface area contributed by atoms with Gasteiger partial charge in [-0.15, -0.1) is 12.4 Å². The van der Waals surface area contributed by atoms with E-state index < -0.39 is 0 Å². The molecular formula is C15H20ClNO4. The zero-order valence-corrected chi connectivity index (χ0v) is 12.5. The Morgan fingerprint density at radius 1 is 1.10 bits per heavy atom. The molecule has 21 heavy (non-hydrogen) atoms. The highest BCUT2D eigenvalue weighted by Crippen LogP contribution is 2.38. The van der Waals surface area contributed by atoms with Gasteiger partial charge in [0.1, 0.15) is 11.9 Å². The first kappa shape index (κ1) is 14.8. The number of rotatable bonds is 2. The summed E-state index contributed by atoms with van der Waals surface area (Å²) in [6.45, 7) is 2.33. The largest absolute Gasteiger partial charge is 0.488 e. The van der Waals surface area contributed by atoms with Crippen molar-refractivity contribution in [1.29, 1.82) is 0 Å². The first-order valence-electron chi connectivity index (χ1n) is 7.24. The predicted molar refractivity (Wildman–Crippen MR) is 79.3 cm³/mol. The Morgan fingerprint density at radius 2 is 1.86 bits per heavy atom. The molecule has 4 rings (SSSR count). The van der Waals surface area contributed by atoms with E-state index in [9.17, 15) is 5.11 Å².